The maximum atomic E-state index is 12.5. The summed E-state index contributed by atoms with van der Waals surface area (Å²) in [5.41, 5.74) is 5.13. The van der Waals surface area contributed by atoms with Crippen LogP contribution in [0.2, 0.25) is 0 Å². The number of hydrogen-bond acceptors (Lipinski definition) is 5. The summed E-state index contributed by atoms with van der Waals surface area (Å²) >= 11 is 0. The van der Waals surface area contributed by atoms with Crippen LogP contribution in [-0.2, 0) is 10.0 Å². The normalized spacial score (nSPS) is 14.3. The van der Waals surface area contributed by atoms with Crippen LogP contribution >= 0.6 is 12.4 Å². The molecule has 0 aromatic heterocycles. The van der Waals surface area contributed by atoms with Crippen LogP contribution in [0, 0.1) is 0 Å². The summed E-state index contributed by atoms with van der Waals surface area (Å²) in [4.78, 5) is 0.159. The highest BCUT2D eigenvalue weighted by Crippen LogP contribution is 2.32. The Morgan fingerprint density at radius 1 is 1.18 bits per heavy atom. The van der Waals surface area contributed by atoms with Crippen molar-refractivity contribution in [1.82, 2.24) is 4.72 Å². The number of nitrogens with one attached hydrogen (secondary N) is 1. The van der Waals surface area contributed by atoms with Crippen LogP contribution in [0.4, 0.5) is 0 Å². The van der Waals surface area contributed by atoms with Crippen molar-refractivity contribution in [2.24, 2.45) is 5.73 Å². The van der Waals surface area contributed by atoms with Gasteiger partial charge in [-0.05, 0) is 25.0 Å². The molecule has 126 valence electrons. The maximum Gasteiger partial charge on any atom is 0.241 e. The second-order valence-corrected chi connectivity index (χ2v) is 6.78. The summed E-state index contributed by atoms with van der Waals surface area (Å²) in [6.07, 6.45) is 1.26. The van der Waals surface area contributed by atoms with Crippen molar-refractivity contribution in [1.29, 1.82) is 0 Å². The molecule has 1 aromatic rings. The van der Waals surface area contributed by atoms with Gasteiger partial charge in [-0.2, -0.15) is 0 Å². The average Bonchev–Trinajstić information content (AvgIpc) is 2.52. The fourth-order valence-corrected chi connectivity index (χ4v) is 3.83. The summed E-state index contributed by atoms with van der Waals surface area (Å²) in [5, 5.41) is 0. The van der Waals surface area contributed by atoms with E-state index in [2.05, 4.69) is 4.72 Å². The first-order valence-corrected chi connectivity index (χ1v) is 8.58. The zero-order valence-corrected chi connectivity index (χ0v) is 14.4. The van der Waals surface area contributed by atoms with E-state index in [9.17, 15) is 8.42 Å². The zero-order chi connectivity index (χ0) is 15.5. The topological polar surface area (TPSA) is 90.7 Å². The van der Waals surface area contributed by atoms with Crippen LogP contribution in [-0.4, -0.2) is 33.7 Å². The second-order valence-electron chi connectivity index (χ2n) is 5.10. The van der Waals surface area contributed by atoms with Gasteiger partial charge in [0.2, 0.25) is 10.0 Å². The van der Waals surface area contributed by atoms with Gasteiger partial charge in [-0.25, -0.2) is 13.1 Å². The van der Waals surface area contributed by atoms with E-state index in [1.165, 1.54) is 12.1 Å². The van der Waals surface area contributed by atoms with Crippen LogP contribution < -0.4 is 19.9 Å². The monoisotopic (exact) mass is 350 g/mol. The molecule has 0 atom stereocenters. The van der Waals surface area contributed by atoms with Gasteiger partial charge < -0.3 is 15.2 Å². The first-order valence-electron chi connectivity index (χ1n) is 7.10. The Morgan fingerprint density at radius 2 is 1.77 bits per heavy atom. The third kappa shape index (κ3) is 3.84. The predicted molar refractivity (Wildman–Crippen MR) is 87.4 cm³/mol. The second kappa shape index (κ2) is 7.50. The minimum atomic E-state index is -3.65. The van der Waals surface area contributed by atoms with E-state index >= 15 is 0 Å². The summed E-state index contributed by atoms with van der Waals surface area (Å²) in [5.74, 6) is 1.02. The van der Waals surface area contributed by atoms with E-state index in [1.807, 2.05) is 13.8 Å². The van der Waals surface area contributed by atoms with E-state index < -0.39 is 15.6 Å². The van der Waals surface area contributed by atoms with Crippen molar-refractivity contribution in [3.63, 3.8) is 0 Å². The molecule has 0 radical (unpaired) electrons. The number of fused-ring (bicyclic) bond motifs is 1. The van der Waals surface area contributed by atoms with Crippen molar-refractivity contribution in [3.05, 3.63) is 18.2 Å². The Morgan fingerprint density at radius 3 is 2.32 bits per heavy atom. The number of benzene rings is 1. The summed E-state index contributed by atoms with van der Waals surface area (Å²) in [6, 6.07) is 4.62. The number of rotatable bonds is 6. The van der Waals surface area contributed by atoms with Gasteiger partial charge in [-0.1, -0.05) is 13.8 Å². The highest BCUT2D eigenvalue weighted by atomic mass is 35.5. The number of hydrogen-bond donors (Lipinski definition) is 2. The summed E-state index contributed by atoms with van der Waals surface area (Å²) in [7, 11) is -3.65. The van der Waals surface area contributed by atoms with Crippen LogP contribution in [0.1, 0.15) is 26.7 Å². The smallest absolute Gasteiger partial charge is 0.241 e. The van der Waals surface area contributed by atoms with Crippen molar-refractivity contribution < 1.29 is 17.9 Å². The Bertz CT molecular complexity index is 595. The molecule has 1 aliphatic heterocycles. The highest BCUT2D eigenvalue weighted by Gasteiger charge is 2.31. The third-order valence-electron chi connectivity index (χ3n) is 3.92. The first-order chi connectivity index (χ1) is 9.96. The molecule has 1 heterocycles. The molecule has 0 spiro atoms. The number of nitrogens with two attached hydrogens (primary N) is 1. The van der Waals surface area contributed by atoms with Gasteiger partial charge in [0.05, 0.1) is 4.90 Å². The molecule has 0 amide bonds. The van der Waals surface area contributed by atoms with Gasteiger partial charge in [0.1, 0.15) is 13.2 Å². The quantitative estimate of drug-likeness (QED) is 0.814. The van der Waals surface area contributed by atoms with Crippen molar-refractivity contribution in [3.8, 4) is 11.5 Å². The molecule has 0 unspecified atom stereocenters. The lowest BCUT2D eigenvalue weighted by Gasteiger charge is -2.31. The number of halogens is 1. The minimum Gasteiger partial charge on any atom is -0.486 e. The fourth-order valence-electron chi connectivity index (χ4n) is 2.26. The van der Waals surface area contributed by atoms with Gasteiger partial charge in [0.25, 0.3) is 0 Å². The van der Waals surface area contributed by atoms with Crippen LogP contribution in [0.15, 0.2) is 23.1 Å². The van der Waals surface area contributed by atoms with Gasteiger partial charge in [0, 0.05) is 18.2 Å². The standard InChI is InChI=1S/C14H22N2O4S.ClH/c1-3-14(4-2,10-15)16-21(17,18)11-5-6-12-13(9-11)20-8-7-19-12;/h5-6,9,16H,3-4,7-8,10,15H2,1-2H3;1H. The molecular formula is C14H23ClN2O4S. The molecule has 8 heteroatoms. The van der Waals surface area contributed by atoms with Gasteiger partial charge in [-0.15, -0.1) is 12.4 Å². The molecule has 2 rings (SSSR count). The van der Waals surface area contributed by atoms with Crippen LogP contribution in [0.5, 0.6) is 11.5 Å². The molecule has 0 aliphatic carbocycles. The van der Waals surface area contributed by atoms with Crippen molar-refractivity contribution >= 4 is 22.4 Å². The van der Waals surface area contributed by atoms with Gasteiger partial charge >= 0.3 is 0 Å². The lowest BCUT2D eigenvalue weighted by atomic mass is 9.95. The average molecular weight is 351 g/mol. The maximum absolute atomic E-state index is 12.5. The molecule has 1 aromatic carbocycles. The molecular weight excluding hydrogens is 328 g/mol. The van der Waals surface area contributed by atoms with E-state index in [1.54, 1.807) is 6.07 Å². The Kier molecular flexibility index (Phi) is 6.49. The van der Waals surface area contributed by atoms with Crippen molar-refractivity contribution in [2.45, 2.75) is 37.1 Å². The molecule has 0 saturated carbocycles. The molecule has 6 nitrogen and oxygen atoms in total. The first kappa shape index (κ1) is 19.0. The molecule has 0 fully saturated rings. The fraction of sp³-hybridized carbons (Fsp3) is 0.571. The highest BCUT2D eigenvalue weighted by molar-refractivity contribution is 7.89. The van der Waals surface area contributed by atoms with Gasteiger partial charge in [0.15, 0.2) is 11.5 Å². The predicted octanol–water partition coefficient (Wildman–Crippen LogP) is 1.68. The number of ether oxygens (including phenoxy) is 2. The van der Waals surface area contributed by atoms with E-state index in [-0.39, 0.29) is 23.8 Å². The van der Waals surface area contributed by atoms with Crippen molar-refractivity contribution in [2.75, 3.05) is 19.8 Å². The Balaban J connectivity index is 0.00000242. The Hall–Kier alpha value is -1.02. The molecule has 1 aliphatic rings. The third-order valence-corrected chi connectivity index (χ3v) is 5.50. The van der Waals surface area contributed by atoms with E-state index in [4.69, 9.17) is 15.2 Å². The molecule has 3 N–H and O–H groups in total. The lowest BCUT2D eigenvalue weighted by Crippen LogP contribution is -2.52. The molecule has 0 bridgehead atoms. The SMILES string of the molecule is CCC(CC)(CN)NS(=O)(=O)c1ccc2c(c1)OCCO2.Cl. The van der Waals surface area contributed by atoms with Crippen LogP contribution in [0.25, 0.3) is 0 Å². The summed E-state index contributed by atoms with van der Waals surface area (Å²) in [6.45, 7) is 4.98. The Labute approximate surface area is 137 Å². The molecule has 0 saturated heterocycles. The summed E-state index contributed by atoms with van der Waals surface area (Å²) < 4.78 is 38.6. The minimum absolute atomic E-state index is 0. The zero-order valence-electron chi connectivity index (χ0n) is 12.8. The van der Waals surface area contributed by atoms with E-state index in [0.717, 1.165) is 0 Å². The molecule has 22 heavy (non-hydrogen) atoms. The lowest BCUT2D eigenvalue weighted by molar-refractivity contribution is 0.171. The van der Waals surface area contributed by atoms with Crippen LogP contribution in [0.3, 0.4) is 0 Å². The number of sulfonamides is 1. The largest absolute Gasteiger partial charge is 0.486 e. The van der Waals surface area contributed by atoms with Gasteiger partial charge in [-0.3, -0.25) is 0 Å². The van der Waals surface area contributed by atoms with E-state index in [0.29, 0.717) is 37.6 Å².